The minimum absolute atomic E-state index is 0.0149. The molecular formula is C6H4Cl2F5O2PS. The zero-order chi connectivity index (χ0) is 13.6. The maximum atomic E-state index is 12.4. The Labute approximate surface area is 102 Å². The maximum absolute atomic E-state index is 12.4. The smallest absolute Gasteiger partial charge is 0.422 e. The van der Waals surface area contributed by atoms with Gasteiger partial charge in [-0.25, -0.2) is 4.57 Å². The van der Waals surface area contributed by atoms with Crippen molar-refractivity contribution in [1.29, 1.82) is 0 Å². The highest BCUT2D eigenvalue weighted by atomic mass is 35.9. The summed E-state index contributed by atoms with van der Waals surface area (Å²) in [6, 6.07) is 1.68. The van der Waals surface area contributed by atoms with Gasteiger partial charge in [-0.1, -0.05) is 25.5 Å². The molecule has 17 heavy (non-hydrogen) atoms. The Morgan fingerprint density at radius 3 is 2.06 bits per heavy atom. The first kappa shape index (κ1) is 14.9. The quantitative estimate of drug-likeness (QED) is 0.477. The summed E-state index contributed by atoms with van der Waals surface area (Å²) in [5, 5.41) is 0. The van der Waals surface area contributed by atoms with Crippen LogP contribution in [0.4, 0.5) is 19.4 Å². The van der Waals surface area contributed by atoms with Crippen LogP contribution in [0.3, 0.4) is 0 Å². The Bertz CT molecular complexity index is 498. The van der Waals surface area contributed by atoms with E-state index in [2.05, 4.69) is 4.52 Å². The molecule has 0 saturated carbocycles. The number of rotatable bonds is 3. The fourth-order valence-corrected chi connectivity index (χ4v) is 2.41. The molecule has 0 aliphatic rings. The molecule has 0 saturated heterocycles. The van der Waals surface area contributed by atoms with Gasteiger partial charge in [-0.2, -0.15) is 0 Å². The van der Waals surface area contributed by atoms with Gasteiger partial charge in [0.25, 0.3) is 0 Å². The van der Waals surface area contributed by atoms with E-state index < -0.39 is 26.9 Å². The maximum Gasteiger partial charge on any atom is 0.428 e. The van der Waals surface area contributed by atoms with E-state index in [1.54, 1.807) is 0 Å². The second-order valence-corrected chi connectivity index (χ2v) is 9.56. The molecule has 0 atom stereocenters. The van der Waals surface area contributed by atoms with Gasteiger partial charge in [0.1, 0.15) is 10.6 Å². The summed E-state index contributed by atoms with van der Waals surface area (Å²) >= 11 is 9.89. The van der Waals surface area contributed by atoms with Crippen molar-refractivity contribution in [2.75, 3.05) is 0 Å². The van der Waals surface area contributed by atoms with Gasteiger partial charge in [0.05, 0.1) is 0 Å². The summed E-state index contributed by atoms with van der Waals surface area (Å²) in [6.07, 6.45) is -4.16. The molecule has 100 valence electrons. The van der Waals surface area contributed by atoms with E-state index in [1.807, 2.05) is 0 Å². The lowest BCUT2D eigenvalue weighted by atomic mass is 10.3. The Morgan fingerprint density at radius 2 is 1.65 bits per heavy atom. The van der Waals surface area contributed by atoms with E-state index in [1.165, 1.54) is 0 Å². The van der Waals surface area contributed by atoms with E-state index in [9.17, 15) is 24.0 Å². The highest BCUT2D eigenvalue weighted by molar-refractivity contribution is 8.45. The first-order chi connectivity index (χ1) is 7.17. The first-order valence-electron chi connectivity index (χ1n) is 3.70. The number of benzene rings is 1. The first-order valence-corrected chi connectivity index (χ1v) is 9.09. The second-order valence-electron chi connectivity index (χ2n) is 2.95. The normalized spacial score (nSPS) is 17.1. The average Bonchev–Trinajstić information content (AvgIpc) is 1.96. The molecule has 0 aliphatic heterocycles. The van der Waals surface area contributed by atoms with Crippen LogP contribution in [0.2, 0.25) is 0 Å². The largest absolute Gasteiger partial charge is 0.428 e. The third kappa shape index (κ3) is 4.91. The fourth-order valence-electron chi connectivity index (χ4n) is 0.894. The lowest BCUT2D eigenvalue weighted by Gasteiger charge is -2.40. The SMILES string of the molecule is O=P(Cl)(Cl)Oc1cccc(S(F)(F)(F)(F)F)c1. The van der Waals surface area contributed by atoms with Crippen LogP contribution in [0.5, 0.6) is 5.75 Å². The summed E-state index contributed by atoms with van der Waals surface area (Å²) in [4.78, 5) is -2.18. The van der Waals surface area contributed by atoms with Crippen molar-refractivity contribution in [1.82, 2.24) is 0 Å². The van der Waals surface area contributed by atoms with Crippen molar-refractivity contribution in [3.8, 4) is 5.75 Å². The third-order valence-electron chi connectivity index (χ3n) is 1.46. The molecule has 1 rings (SSSR count). The number of hydrogen-bond donors (Lipinski definition) is 0. The van der Waals surface area contributed by atoms with Crippen LogP contribution in [-0.4, -0.2) is 0 Å². The van der Waals surface area contributed by atoms with Gasteiger partial charge in [-0.3, -0.25) is 0 Å². The van der Waals surface area contributed by atoms with Crippen LogP contribution in [0.25, 0.3) is 0 Å². The molecule has 0 unspecified atom stereocenters. The van der Waals surface area contributed by atoms with Gasteiger partial charge in [-0.15, -0.1) is 0 Å². The number of halogens is 7. The fraction of sp³-hybridized carbons (Fsp3) is 0. The summed E-state index contributed by atoms with van der Waals surface area (Å²) < 4.78 is 76.8. The van der Waals surface area contributed by atoms with Gasteiger partial charge in [-0.05, 0) is 12.1 Å². The van der Waals surface area contributed by atoms with E-state index >= 15 is 0 Å². The van der Waals surface area contributed by atoms with Gasteiger partial charge < -0.3 is 4.52 Å². The van der Waals surface area contributed by atoms with Crippen LogP contribution >= 0.6 is 38.8 Å². The van der Waals surface area contributed by atoms with Crippen molar-refractivity contribution in [2.24, 2.45) is 0 Å². The molecule has 2 nitrogen and oxygen atoms in total. The molecule has 0 aromatic heterocycles. The van der Waals surface area contributed by atoms with Gasteiger partial charge in [0.15, 0.2) is 0 Å². The number of hydrogen-bond acceptors (Lipinski definition) is 2. The summed E-state index contributed by atoms with van der Waals surface area (Å²) in [5.41, 5.74) is 0. The van der Waals surface area contributed by atoms with Crippen molar-refractivity contribution in [2.45, 2.75) is 4.90 Å². The van der Waals surface area contributed by atoms with Crippen molar-refractivity contribution < 1.29 is 28.5 Å². The summed E-state index contributed by atoms with van der Waals surface area (Å²) in [5.74, 6) is -0.760. The summed E-state index contributed by atoms with van der Waals surface area (Å²) in [7, 11) is -9.80. The highest BCUT2D eigenvalue weighted by Gasteiger charge is 2.65. The molecule has 0 spiro atoms. The Balaban J connectivity index is 3.26. The minimum Gasteiger partial charge on any atom is -0.422 e. The van der Waals surface area contributed by atoms with Crippen LogP contribution in [-0.2, 0) is 4.57 Å². The van der Waals surface area contributed by atoms with E-state index in [0.717, 1.165) is 6.07 Å². The second kappa shape index (κ2) is 3.44. The lowest BCUT2D eigenvalue weighted by molar-refractivity contribution is 0.363. The molecule has 1 aromatic carbocycles. The van der Waals surface area contributed by atoms with Gasteiger partial charge in [0.2, 0.25) is 0 Å². The zero-order valence-electron chi connectivity index (χ0n) is 7.63. The lowest BCUT2D eigenvalue weighted by Crippen LogP contribution is -2.05. The molecule has 0 heterocycles. The van der Waals surface area contributed by atoms with Gasteiger partial charge in [0, 0.05) is 28.5 Å². The van der Waals surface area contributed by atoms with Gasteiger partial charge >= 0.3 is 16.3 Å². The monoisotopic (exact) mass is 336 g/mol. The topological polar surface area (TPSA) is 26.3 Å². The Hall–Kier alpha value is -0.170. The molecule has 0 radical (unpaired) electrons. The zero-order valence-corrected chi connectivity index (χ0v) is 10.8. The van der Waals surface area contributed by atoms with Crippen LogP contribution in [0.1, 0.15) is 0 Å². The van der Waals surface area contributed by atoms with E-state index in [-0.39, 0.29) is 12.1 Å². The summed E-state index contributed by atoms with van der Waals surface area (Å²) in [6.45, 7) is 0. The van der Waals surface area contributed by atoms with E-state index in [0.29, 0.717) is 6.07 Å². The average molecular weight is 337 g/mol. The van der Waals surface area contributed by atoms with Crippen LogP contribution < -0.4 is 4.52 Å². The van der Waals surface area contributed by atoms with Crippen LogP contribution in [0, 0.1) is 0 Å². The molecule has 1 aromatic rings. The Morgan fingerprint density at radius 1 is 1.12 bits per heavy atom. The standard InChI is InChI=1S/C6H4Cl2F5O2PS/c7-16(8,14)15-5-2-1-3-6(4-5)17(9,10,11,12)13/h1-4H. The highest BCUT2D eigenvalue weighted by Crippen LogP contribution is 3.02. The molecule has 0 N–H and O–H groups in total. The molecule has 11 heteroatoms. The predicted octanol–water partition coefficient (Wildman–Crippen LogP) is 6.31. The molecule has 0 aliphatic carbocycles. The molecular weight excluding hydrogens is 333 g/mol. The molecule has 0 bridgehead atoms. The Kier molecular flexibility index (Phi) is 3.01. The van der Waals surface area contributed by atoms with Crippen molar-refractivity contribution in [3.05, 3.63) is 24.3 Å². The molecule has 0 fully saturated rings. The van der Waals surface area contributed by atoms with Crippen LogP contribution in [0.15, 0.2) is 29.2 Å². The van der Waals surface area contributed by atoms with Crippen molar-refractivity contribution in [3.63, 3.8) is 0 Å². The van der Waals surface area contributed by atoms with E-state index in [4.69, 9.17) is 22.5 Å². The third-order valence-corrected chi connectivity index (χ3v) is 3.44. The van der Waals surface area contributed by atoms with Crippen molar-refractivity contribution >= 4 is 38.8 Å². The minimum atomic E-state index is -9.80. The predicted molar refractivity (Wildman–Crippen MR) is 57.8 cm³/mol. The molecule has 0 amide bonds.